The summed E-state index contributed by atoms with van der Waals surface area (Å²) in [6.45, 7) is 2.35. The van der Waals surface area contributed by atoms with E-state index in [4.69, 9.17) is 14.2 Å². The molecule has 0 radical (unpaired) electrons. The molecule has 0 unspecified atom stereocenters. The minimum Gasteiger partial charge on any atom is -0.472 e. The number of pyridine rings is 1. The first-order chi connectivity index (χ1) is 8.74. The number of benzene rings is 1. The Morgan fingerprint density at radius 2 is 1.89 bits per heavy atom. The minimum absolute atomic E-state index is 0.317. The van der Waals surface area contributed by atoms with Crippen LogP contribution in [0.15, 0.2) is 30.3 Å². The van der Waals surface area contributed by atoms with Crippen LogP contribution in [0, 0.1) is 6.92 Å². The Labute approximate surface area is 106 Å². The molecule has 2 aromatic rings. The van der Waals surface area contributed by atoms with Gasteiger partial charge in [-0.2, -0.15) is 0 Å². The van der Waals surface area contributed by atoms with E-state index in [1.807, 2.05) is 37.3 Å². The van der Waals surface area contributed by atoms with E-state index in [1.165, 1.54) is 0 Å². The van der Waals surface area contributed by atoms with Crippen LogP contribution in [0.5, 0.6) is 5.88 Å². The fraction of sp³-hybridized carbons (Fsp3) is 0.357. The van der Waals surface area contributed by atoms with Gasteiger partial charge in [0.05, 0.1) is 5.52 Å². The number of hydrogen-bond acceptors (Lipinski definition) is 4. The second-order valence-electron chi connectivity index (χ2n) is 4.01. The first-order valence-electron chi connectivity index (χ1n) is 5.79. The molecule has 4 nitrogen and oxygen atoms in total. The fourth-order valence-electron chi connectivity index (χ4n) is 1.74. The van der Waals surface area contributed by atoms with Crippen LogP contribution in [-0.4, -0.2) is 32.1 Å². The lowest BCUT2D eigenvalue weighted by Crippen LogP contribution is -2.22. The number of para-hydroxylation sites is 1. The molecule has 0 fully saturated rings. The largest absolute Gasteiger partial charge is 0.472 e. The Kier molecular flexibility index (Phi) is 4.12. The predicted molar refractivity (Wildman–Crippen MR) is 69.8 cm³/mol. The van der Waals surface area contributed by atoms with Crippen molar-refractivity contribution in [3.05, 3.63) is 35.9 Å². The van der Waals surface area contributed by atoms with Crippen LogP contribution in [0.3, 0.4) is 0 Å². The molecule has 0 bridgehead atoms. The van der Waals surface area contributed by atoms with Crippen molar-refractivity contribution in [2.45, 2.75) is 13.2 Å². The van der Waals surface area contributed by atoms with Gasteiger partial charge in [-0.05, 0) is 18.6 Å². The van der Waals surface area contributed by atoms with Gasteiger partial charge >= 0.3 is 0 Å². The number of aryl methyl sites for hydroxylation is 1. The van der Waals surface area contributed by atoms with Crippen LogP contribution in [0.1, 0.15) is 5.56 Å². The van der Waals surface area contributed by atoms with Gasteiger partial charge in [-0.25, -0.2) is 4.98 Å². The molecule has 0 saturated heterocycles. The maximum atomic E-state index is 5.55. The Morgan fingerprint density at radius 1 is 1.11 bits per heavy atom. The number of ether oxygens (including phenoxy) is 3. The molecule has 0 saturated carbocycles. The topological polar surface area (TPSA) is 40.6 Å². The van der Waals surface area contributed by atoms with Gasteiger partial charge in [0, 0.05) is 25.7 Å². The number of rotatable bonds is 5. The van der Waals surface area contributed by atoms with E-state index in [9.17, 15) is 0 Å². The molecule has 4 heteroatoms. The van der Waals surface area contributed by atoms with Crippen molar-refractivity contribution in [3.63, 3.8) is 0 Å². The Morgan fingerprint density at radius 3 is 2.61 bits per heavy atom. The zero-order valence-electron chi connectivity index (χ0n) is 10.8. The summed E-state index contributed by atoms with van der Waals surface area (Å²) in [5, 5.41) is 1.11. The van der Waals surface area contributed by atoms with E-state index < -0.39 is 0 Å². The van der Waals surface area contributed by atoms with Crippen LogP contribution >= 0.6 is 0 Å². The van der Waals surface area contributed by atoms with Gasteiger partial charge in [-0.1, -0.05) is 18.2 Å². The average Bonchev–Trinajstić information content (AvgIpc) is 2.41. The van der Waals surface area contributed by atoms with Crippen molar-refractivity contribution in [3.8, 4) is 5.88 Å². The second-order valence-corrected chi connectivity index (χ2v) is 4.01. The normalized spacial score (nSPS) is 11.1. The molecule has 0 aliphatic carbocycles. The zero-order valence-corrected chi connectivity index (χ0v) is 10.8. The molecule has 0 amide bonds. The van der Waals surface area contributed by atoms with Gasteiger partial charge in [0.1, 0.15) is 6.61 Å². The third-order valence-electron chi connectivity index (χ3n) is 2.79. The highest BCUT2D eigenvalue weighted by molar-refractivity contribution is 5.82. The number of hydrogen-bond donors (Lipinski definition) is 0. The maximum absolute atomic E-state index is 5.55. The highest BCUT2D eigenvalue weighted by Gasteiger charge is 2.07. The summed E-state index contributed by atoms with van der Waals surface area (Å²) >= 11 is 0. The lowest BCUT2D eigenvalue weighted by molar-refractivity contribution is -0.122. The predicted octanol–water partition coefficient (Wildman–Crippen LogP) is 2.54. The molecule has 96 valence electrons. The molecule has 0 aliphatic heterocycles. The summed E-state index contributed by atoms with van der Waals surface area (Å²) in [7, 11) is 3.16. The molecule has 0 N–H and O–H groups in total. The molecular formula is C14H17NO3. The van der Waals surface area contributed by atoms with E-state index in [0.29, 0.717) is 12.5 Å². The van der Waals surface area contributed by atoms with Crippen LogP contribution < -0.4 is 4.74 Å². The second kappa shape index (κ2) is 5.80. The van der Waals surface area contributed by atoms with Crippen molar-refractivity contribution in [2.75, 3.05) is 20.8 Å². The molecule has 0 spiro atoms. The summed E-state index contributed by atoms with van der Waals surface area (Å²) < 4.78 is 15.7. The molecule has 2 rings (SSSR count). The summed E-state index contributed by atoms with van der Waals surface area (Å²) in [6, 6.07) is 9.94. The SMILES string of the molecule is COC(COc1ccc2cccc(C)c2n1)OC. The van der Waals surface area contributed by atoms with Crippen molar-refractivity contribution < 1.29 is 14.2 Å². The van der Waals surface area contributed by atoms with E-state index in [2.05, 4.69) is 4.98 Å². The Balaban J connectivity index is 2.17. The summed E-state index contributed by atoms with van der Waals surface area (Å²) in [5.74, 6) is 0.580. The van der Waals surface area contributed by atoms with E-state index in [0.717, 1.165) is 16.5 Å². The standard InChI is InChI=1S/C14H17NO3/c1-10-5-4-6-11-7-8-12(15-14(10)11)18-9-13(16-2)17-3/h4-8,13H,9H2,1-3H3. The van der Waals surface area contributed by atoms with Crippen molar-refractivity contribution >= 4 is 10.9 Å². The van der Waals surface area contributed by atoms with Crippen molar-refractivity contribution in [1.29, 1.82) is 0 Å². The van der Waals surface area contributed by atoms with E-state index in [1.54, 1.807) is 14.2 Å². The van der Waals surface area contributed by atoms with E-state index >= 15 is 0 Å². The summed E-state index contributed by atoms with van der Waals surface area (Å²) in [4.78, 5) is 4.48. The number of aromatic nitrogens is 1. The highest BCUT2D eigenvalue weighted by atomic mass is 16.7. The lowest BCUT2D eigenvalue weighted by Gasteiger charge is -2.14. The fourth-order valence-corrected chi connectivity index (χ4v) is 1.74. The number of nitrogens with zero attached hydrogens (tertiary/aromatic N) is 1. The monoisotopic (exact) mass is 247 g/mol. The van der Waals surface area contributed by atoms with Crippen LogP contribution in [0.25, 0.3) is 10.9 Å². The number of methoxy groups -OCH3 is 2. The van der Waals surface area contributed by atoms with Crippen LogP contribution in [0.4, 0.5) is 0 Å². The zero-order chi connectivity index (χ0) is 13.0. The van der Waals surface area contributed by atoms with Gasteiger partial charge in [0.25, 0.3) is 0 Å². The van der Waals surface area contributed by atoms with Gasteiger partial charge in [0.15, 0.2) is 6.29 Å². The summed E-state index contributed by atoms with van der Waals surface area (Å²) in [6.07, 6.45) is -0.376. The molecule has 1 aromatic heterocycles. The van der Waals surface area contributed by atoms with Crippen molar-refractivity contribution in [2.24, 2.45) is 0 Å². The van der Waals surface area contributed by atoms with E-state index in [-0.39, 0.29) is 6.29 Å². The first-order valence-corrected chi connectivity index (χ1v) is 5.79. The van der Waals surface area contributed by atoms with Gasteiger partial charge < -0.3 is 14.2 Å². The molecular weight excluding hydrogens is 230 g/mol. The first kappa shape index (κ1) is 12.8. The molecule has 1 heterocycles. The highest BCUT2D eigenvalue weighted by Crippen LogP contribution is 2.19. The quantitative estimate of drug-likeness (QED) is 0.761. The smallest absolute Gasteiger partial charge is 0.213 e. The van der Waals surface area contributed by atoms with Gasteiger partial charge in [-0.3, -0.25) is 0 Å². The summed E-state index contributed by atoms with van der Waals surface area (Å²) in [5.41, 5.74) is 2.09. The van der Waals surface area contributed by atoms with Crippen LogP contribution in [0.2, 0.25) is 0 Å². The Bertz CT molecular complexity index is 523. The van der Waals surface area contributed by atoms with Gasteiger partial charge in [0.2, 0.25) is 5.88 Å². The van der Waals surface area contributed by atoms with Gasteiger partial charge in [-0.15, -0.1) is 0 Å². The molecule has 0 atom stereocenters. The molecule has 0 aliphatic rings. The third kappa shape index (κ3) is 2.78. The molecule has 1 aromatic carbocycles. The minimum atomic E-state index is -0.376. The average molecular weight is 247 g/mol. The van der Waals surface area contributed by atoms with Crippen molar-refractivity contribution in [1.82, 2.24) is 4.98 Å². The Hall–Kier alpha value is -1.65. The lowest BCUT2D eigenvalue weighted by atomic mass is 10.1. The maximum Gasteiger partial charge on any atom is 0.213 e. The van der Waals surface area contributed by atoms with Crippen LogP contribution in [-0.2, 0) is 9.47 Å². The number of fused-ring (bicyclic) bond motifs is 1. The molecule has 18 heavy (non-hydrogen) atoms. The third-order valence-corrected chi connectivity index (χ3v) is 2.79.